The highest BCUT2D eigenvalue weighted by atomic mass is 16.5. The van der Waals surface area contributed by atoms with Gasteiger partial charge < -0.3 is 9.09 Å². The number of benzene rings is 1. The smallest absolute Gasteiger partial charge is 0.233 e. The van der Waals surface area contributed by atoms with E-state index >= 15 is 0 Å². The van der Waals surface area contributed by atoms with Crippen LogP contribution in [0.5, 0.6) is 0 Å². The highest BCUT2D eigenvalue weighted by molar-refractivity contribution is 5.48. The Balaban J connectivity index is 1.64. The summed E-state index contributed by atoms with van der Waals surface area (Å²) in [6, 6.07) is 10.5. The fourth-order valence-electron chi connectivity index (χ4n) is 2.90. The summed E-state index contributed by atoms with van der Waals surface area (Å²) in [5.74, 6) is 1.77. The topological polar surface area (TPSA) is 56.7 Å². The molecule has 0 saturated heterocycles. The second kappa shape index (κ2) is 4.28. The number of rotatable bonds is 3. The molecule has 5 nitrogen and oxygen atoms in total. The molecule has 1 aliphatic carbocycles. The molecule has 106 valence electrons. The molecular weight excluding hydrogens is 264 g/mol. The number of nitrogens with zero attached hydrogens (tertiary/aromatic N) is 4. The maximum Gasteiger partial charge on any atom is 0.233 e. The van der Waals surface area contributed by atoms with Crippen LogP contribution in [0.4, 0.5) is 0 Å². The highest BCUT2D eigenvalue weighted by Gasteiger charge is 2.56. The Morgan fingerprint density at radius 1 is 1.29 bits per heavy atom. The van der Waals surface area contributed by atoms with E-state index in [2.05, 4.69) is 46.3 Å². The standard InChI is InChI=1S/C16H16N4O/c1-16(8-12(16)11-6-4-3-5-7-11)15-18-14(19-21-15)13-9-17-10-20(13)2/h3-7,9-10,12H,8H2,1-2H3/t12-,16+/m1/s1. The number of aryl methyl sites for hydroxylation is 1. The number of aromatic nitrogens is 4. The van der Waals surface area contributed by atoms with Crippen LogP contribution in [0.25, 0.3) is 11.5 Å². The molecule has 0 spiro atoms. The van der Waals surface area contributed by atoms with Gasteiger partial charge in [-0.05, 0) is 17.9 Å². The first-order valence-electron chi connectivity index (χ1n) is 7.04. The molecule has 2 atom stereocenters. The van der Waals surface area contributed by atoms with Crippen molar-refractivity contribution in [2.75, 3.05) is 0 Å². The molecule has 0 radical (unpaired) electrons. The monoisotopic (exact) mass is 280 g/mol. The number of hydrogen-bond donors (Lipinski definition) is 0. The average molecular weight is 280 g/mol. The van der Waals surface area contributed by atoms with Gasteiger partial charge in [-0.1, -0.05) is 42.4 Å². The van der Waals surface area contributed by atoms with E-state index in [1.165, 1.54) is 5.56 Å². The zero-order valence-electron chi connectivity index (χ0n) is 12.0. The first-order chi connectivity index (χ1) is 10.2. The molecule has 0 amide bonds. The minimum Gasteiger partial charge on any atom is -0.338 e. The Kier molecular flexibility index (Phi) is 2.51. The summed E-state index contributed by atoms with van der Waals surface area (Å²) in [5.41, 5.74) is 2.15. The lowest BCUT2D eigenvalue weighted by Gasteiger charge is -2.05. The predicted molar refractivity (Wildman–Crippen MR) is 77.7 cm³/mol. The van der Waals surface area contributed by atoms with Crippen molar-refractivity contribution < 1.29 is 4.52 Å². The molecule has 0 unspecified atom stereocenters. The van der Waals surface area contributed by atoms with Crippen molar-refractivity contribution in [2.24, 2.45) is 7.05 Å². The van der Waals surface area contributed by atoms with Gasteiger partial charge in [-0.3, -0.25) is 0 Å². The van der Waals surface area contributed by atoms with Gasteiger partial charge >= 0.3 is 0 Å². The van der Waals surface area contributed by atoms with E-state index in [0.29, 0.717) is 17.6 Å². The van der Waals surface area contributed by atoms with E-state index < -0.39 is 0 Å². The van der Waals surface area contributed by atoms with Crippen LogP contribution < -0.4 is 0 Å². The first-order valence-corrected chi connectivity index (χ1v) is 7.04. The van der Waals surface area contributed by atoms with Crippen LogP contribution in [-0.4, -0.2) is 19.7 Å². The summed E-state index contributed by atoms with van der Waals surface area (Å²) in [6.07, 6.45) is 4.53. The minimum atomic E-state index is -0.0504. The van der Waals surface area contributed by atoms with Crippen LogP contribution in [-0.2, 0) is 12.5 Å². The van der Waals surface area contributed by atoms with Gasteiger partial charge in [0.25, 0.3) is 0 Å². The summed E-state index contributed by atoms with van der Waals surface area (Å²) in [4.78, 5) is 8.67. The first kappa shape index (κ1) is 12.3. The van der Waals surface area contributed by atoms with Crippen LogP contribution in [0.2, 0.25) is 0 Å². The van der Waals surface area contributed by atoms with E-state index in [1.807, 2.05) is 17.7 Å². The summed E-state index contributed by atoms with van der Waals surface area (Å²) in [5, 5.41) is 4.11. The summed E-state index contributed by atoms with van der Waals surface area (Å²) in [7, 11) is 1.92. The SMILES string of the molecule is Cn1cncc1-c1noc([C@@]2(C)C[C@@H]2c2ccccc2)n1. The van der Waals surface area contributed by atoms with Gasteiger partial charge in [-0.15, -0.1) is 0 Å². The second-order valence-electron chi connectivity index (χ2n) is 5.90. The van der Waals surface area contributed by atoms with Crippen molar-refractivity contribution in [3.05, 3.63) is 54.3 Å². The predicted octanol–water partition coefficient (Wildman–Crippen LogP) is 2.92. The molecule has 1 saturated carbocycles. The minimum absolute atomic E-state index is 0.0504. The third kappa shape index (κ3) is 1.88. The molecule has 1 fully saturated rings. The zero-order chi connectivity index (χ0) is 14.4. The molecule has 0 aliphatic heterocycles. The zero-order valence-corrected chi connectivity index (χ0v) is 12.0. The van der Waals surface area contributed by atoms with Gasteiger partial charge in [-0.2, -0.15) is 4.98 Å². The van der Waals surface area contributed by atoms with Gasteiger partial charge in [0.05, 0.1) is 17.9 Å². The van der Waals surface area contributed by atoms with Gasteiger partial charge in [0, 0.05) is 7.05 Å². The van der Waals surface area contributed by atoms with Crippen molar-refractivity contribution >= 4 is 0 Å². The van der Waals surface area contributed by atoms with Crippen molar-refractivity contribution in [1.29, 1.82) is 0 Å². The Morgan fingerprint density at radius 3 is 2.81 bits per heavy atom. The van der Waals surface area contributed by atoms with Crippen LogP contribution in [0.3, 0.4) is 0 Å². The molecule has 3 aromatic rings. The number of imidazole rings is 1. The number of hydrogen-bond acceptors (Lipinski definition) is 4. The molecule has 0 bridgehead atoms. The largest absolute Gasteiger partial charge is 0.338 e. The van der Waals surface area contributed by atoms with E-state index in [0.717, 1.165) is 12.1 Å². The van der Waals surface area contributed by atoms with E-state index in [4.69, 9.17) is 4.52 Å². The summed E-state index contributed by atoms with van der Waals surface area (Å²) >= 11 is 0. The molecule has 0 N–H and O–H groups in total. The normalized spacial score (nSPS) is 24.2. The quantitative estimate of drug-likeness (QED) is 0.740. The second-order valence-corrected chi connectivity index (χ2v) is 5.90. The van der Waals surface area contributed by atoms with Crippen molar-refractivity contribution in [3.8, 4) is 11.5 Å². The lowest BCUT2D eigenvalue weighted by atomic mass is 10.0. The molecule has 1 aromatic carbocycles. The third-order valence-corrected chi connectivity index (χ3v) is 4.40. The highest BCUT2D eigenvalue weighted by Crippen LogP contribution is 2.59. The Bertz CT molecular complexity index is 776. The van der Waals surface area contributed by atoms with Crippen LogP contribution in [0, 0.1) is 0 Å². The van der Waals surface area contributed by atoms with Crippen LogP contribution in [0.1, 0.15) is 30.7 Å². The molecule has 1 aliphatic rings. The summed E-state index contributed by atoms with van der Waals surface area (Å²) < 4.78 is 7.41. The van der Waals surface area contributed by atoms with Crippen molar-refractivity contribution in [1.82, 2.24) is 19.7 Å². The Labute approximate surface area is 122 Å². The Morgan fingerprint density at radius 2 is 2.10 bits per heavy atom. The molecule has 5 heteroatoms. The van der Waals surface area contributed by atoms with E-state index in [1.54, 1.807) is 12.5 Å². The van der Waals surface area contributed by atoms with Crippen LogP contribution >= 0.6 is 0 Å². The molecule has 4 rings (SSSR count). The Hall–Kier alpha value is -2.43. The third-order valence-electron chi connectivity index (χ3n) is 4.40. The fraction of sp³-hybridized carbons (Fsp3) is 0.312. The molecular formula is C16H16N4O. The fourth-order valence-corrected chi connectivity index (χ4v) is 2.90. The molecule has 2 heterocycles. The summed E-state index contributed by atoms with van der Waals surface area (Å²) in [6.45, 7) is 2.19. The van der Waals surface area contributed by atoms with Gasteiger partial charge in [-0.25, -0.2) is 4.98 Å². The van der Waals surface area contributed by atoms with E-state index in [9.17, 15) is 0 Å². The van der Waals surface area contributed by atoms with Crippen molar-refractivity contribution in [3.63, 3.8) is 0 Å². The maximum atomic E-state index is 5.52. The lowest BCUT2D eigenvalue weighted by Crippen LogP contribution is -2.04. The van der Waals surface area contributed by atoms with Gasteiger partial charge in [0.1, 0.15) is 5.69 Å². The average Bonchev–Trinajstić information content (AvgIpc) is 2.87. The van der Waals surface area contributed by atoms with Crippen molar-refractivity contribution in [2.45, 2.75) is 24.7 Å². The molecule has 21 heavy (non-hydrogen) atoms. The van der Waals surface area contributed by atoms with E-state index in [-0.39, 0.29) is 5.41 Å². The van der Waals surface area contributed by atoms with Gasteiger partial charge in [0.15, 0.2) is 0 Å². The van der Waals surface area contributed by atoms with Gasteiger partial charge in [0.2, 0.25) is 11.7 Å². The maximum absolute atomic E-state index is 5.52. The molecule has 2 aromatic heterocycles. The van der Waals surface area contributed by atoms with Crippen LogP contribution in [0.15, 0.2) is 47.4 Å². The lowest BCUT2D eigenvalue weighted by molar-refractivity contribution is 0.350.